The van der Waals surface area contributed by atoms with Crippen molar-refractivity contribution in [1.29, 1.82) is 0 Å². The molecule has 2 heterocycles. The van der Waals surface area contributed by atoms with Crippen molar-refractivity contribution in [2.75, 3.05) is 5.75 Å². The normalized spacial score (nSPS) is 16.2. The summed E-state index contributed by atoms with van der Waals surface area (Å²) in [6.45, 7) is 0.573. The van der Waals surface area contributed by atoms with Gasteiger partial charge in [-0.2, -0.15) is 5.10 Å². The summed E-state index contributed by atoms with van der Waals surface area (Å²) in [6, 6.07) is 20.9. The predicted molar refractivity (Wildman–Crippen MR) is 118 cm³/mol. The molecule has 3 aromatic rings. The minimum Gasteiger partial charge on any atom is -0.322 e. The van der Waals surface area contributed by atoms with Gasteiger partial charge >= 0.3 is 0 Å². The summed E-state index contributed by atoms with van der Waals surface area (Å²) in [5.41, 5.74) is 5.98. The molecule has 2 amide bonds. The van der Waals surface area contributed by atoms with E-state index in [9.17, 15) is 9.59 Å². The molecule has 1 aliphatic rings. The molecule has 1 N–H and O–H groups in total. The Labute approximate surface area is 179 Å². The zero-order valence-electron chi connectivity index (χ0n) is 16.1. The molecule has 0 unspecified atom stereocenters. The molecule has 1 aromatic heterocycles. The van der Waals surface area contributed by atoms with Gasteiger partial charge in [0.1, 0.15) is 5.37 Å². The van der Waals surface area contributed by atoms with Crippen molar-refractivity contribution in [3.05, 3.63) is 101 Å². The number of nitrogens with zero attached hydrogens (tertiary/aromatic N) is 3. The van der Waals surface area contributed by atoms with Crippen LogP contribution < -0.4 is 5.43 Å². The standard InChI is InChI=1S/C23H20N4O2S/c28-21-16-30-23(27(21)15-18-4-2-1-3-5-18)20-8-6-19(7-9-20)22(29)26-25-14-17-10-12-24-13-11-17/h1-14,23H,15-16H2,(H,26,29)/b25-14-/t23-/m0/s1. The number of nitrogens with one attached hydrogen (secondary N) is 1. The lowest BCUT2D eigenvalue weighted by atomic mass is 10.1. The van der Waals surface area contributed by atoms with Crippen molar-refractivity contribution >= 4 is 29.8 Å². The summed E-state index contributed by atoms with van der Waals surface area (Å²) in [4.78, 5) is 30.5. The number of carbonyl (C=O) groups is 2. The van der Waals surface area contributed by atoms with E-state index in [0.717, 1.165) is 16.7 Å². The number of pyridine rings is 1. The molecule has 1 aliphatic heterocycles. The molecule has 150 valence electrons. The molecular weight excluding hydrogens is 396 g/mol. The minimum absolute atomic E-state index is 0.0560. The number of hydrogen-bond acceptors (Lipinski definition) is 5. The van der Waals surface area contributed by atoms with Crippen LogP contribution in [-0.2, 0) is 11.3 Å². The second-order valence-corrected chi connectivity index (χ2v) is 7.84. The van der Waals surface area contributed by atoms with Crippen LogP contribution in [0.25, 0.3) is 0 Å². The predicted octanol–water partition coefficient (Wildman–Crippen LogP) is 3.62. The third-order valence-electron chi connectivity index (χ3n) is 4.71. The highest BCUT2D eigenvalue weighted by atomic mass is 32.2. The van der Waals surface area contributed by atoms with Gasteiger partial charge in [0.2, 0.25) is 5.91 Å². The average Bonchev–Trinajstić information content (AvgIpc) is 3.15. The minimum atomic E-state index is -0.289. The topological polar surface area (TPSA) is 74.7 Å². The zero-order chi connectivity index (χ0) is 20.8. The Morgan fingerprint density at radius 1 is 1.10 bits per heavy atom. The molecule has 1 atom stereocenters. The largest absolute Gasteiger partial charge is 0.322 e. The van der Waals surface area contributed by atoms with E-state index in [-0.39, 0.29) is 17.2 Å². The van der Waals surface area contributed by atoms with E-state index in [1.165, 1.54) is 0 Å². The lowest BCUT2D eigenvalue weighted by Gasteiger charge is -2.24. The van der Waals surface area contributed by atoms with Crippen molar-refractivity contribution in [2.45, 2.75) is 11.9 Å². The molecule has 7 heteroatoms. The van der Waals surface area contributed by atoms with Crippen LogP contribution in [-0.4, -0.2) is 33.7 Å². The maximum absolute atomic E-state index is 12.4. The van der Waals surface area contributed by atoms with Gasteiger partial charge in [0.25, 0.3) is 5.91 Å². The number of hydrogen-bond donors (Lipinski definition) is 1. The fraction of sp³-hybridized carbons (Fsp3) is 0.130. The Hall–Kier alpha value is -3.45. The first-order valence-electron chi connectivity index (χ1n) is 9.49. The highest BCUT2D eigenvalue weighted by molar-refractivity contribution is 8.00. The summed E-state index contributed by atoms with van der Waals surface area (Å²) in [5.74, 6) is 0.299. The number of rotatable bonds is 6. The molecule has 2 aromatic carbocycles. The van der Waals surface area contributed by atoms with Crippen molar-refractivity contribution in [2.24, 2.45) is 5.10 Å². The molecule has 30 heavy (non-hydrogen) atoms. The van der Waals surface area contributed by atoms with Gasteiger partial charge in [-0.15, -0.1) is 11.8 Å². The SMILES string of the molecule is O=C(N/N=C\c1ccncc1)c1ccc([C@@H]2SCC(=O)N2Cc2ccccc2)cc1. The van der Waals surface area contributed by atoms with Crippen molar-refractivity contribution in [3.8, 4) is 0 Å². The number of carbonyl (C=O) groups excluding carboxylic acids is 2. The monoisotopic (exact) mass is 416 g/mol. The smallest absolute Gasteiger partial charge is 0.271 e. The Balaban J connectivity index is 1.41. The van der Waals surface area contributed by atoms with Gasteiger partial charge in [-0.3, -0.25) is 14.6 Å². The van der Waals surface area contributed by atoms with E-state index < -0.39 is 0 Å². The van der Waals surface area contributed by atoms with Crippen LogP contribution in [0.3, 0.4) is 0 Å². The van der Waals surface area contributed by atoms with Crippen LogP contribution in [0.4, 0.5) is 0 Å². The van der Waals surface area contributed by atoms with E-state index in [4.69, 9.17) is 0 Å². The van der Waals surface area contributed by atoms with Crippen molar-refractivity contribution in [1.82, 2.24) is 15.3 Å². The lowest BCUT2D eigenvalue weighted by molar-refractivity contribution is -0.128. The second-order valence-electron chi connectivity index (χ2n) is 6.77. The Bertz CT molecular complexity index is 1040. The number of benzene rings is 2. The fourth-order valence-electron chi connectivity index (χ4n) is 3.16. The van der Waals surface area contributed by atoms with Crippen LogP contribution >= 0.6 is 11.8 Å². The fourth-order valence-corrected chi connectivity index (χ4v) is 4.35. The molecule has 0 bridgehead atoms. The second kappa shape index (κ2) is 9.37. The number of aromatic nitrogens is 1. The van der Waals surface area contributed by atoms with Crippen LogP contribution in [0.2, 0.25) is 0 Å². The molecule has 4 rings (SSSR count). The first-order chi connectivity index (χ1) is 14.7. The van der Waals surface area contributed by atoms with Gasteiger partial charge < -0.3 is 4.90 Å². The molecular formula is C23H20N4O2S. The summed E-state index contributed by atoms with van der Waals surface area (Å²) < 4.78 is 0. The van der Waals surface area contributed by atoms with E-state index in [2.05, 4.69) is 15.5 Å². The number of hydrazone groups is 1. The molecule has 1 saturated heterocycles. The van der Waals surface area contributed by atoms with Crippen LogP contribution in [0.5, 0.6) is 0 Å². The zero-order valence-corrected chi connectivity index (χ0v) is 17.0. The first kappa shape index (κ1) is 19.8. The maximum atomic E-state index is 12.4. The van der Waals surface area contributed by atoms with E-state index in [1.54, 1.807) is 54.6 Å². The summed E-state index contributed by atoms with van der Waals surface area (Å²) in [6.07, 6.45) is 4.89. The quantitative estimate of drug-likeness (QED) is 0.492. The average molecular weight is 417 g/mol. The molecule has 0 radical (unpaired) electrons. The van der Waals surface area contributed by atoms with Gasteiger partial charge in [-0.05, 0) is 41.0 Å². The van der Waals surface area contributed by atoms with Crippen LogP contribution in [0.15, 0.2) is 84.2 Å². The number of amides is 2. The first-order valence-corrected chi connectivity index (χ1v) is 10.5. The summed E-state index contributed by atoms with van der Waals surface area (Å²) in [7, 11) is 0. The van der Waals surface area contributed by atoms with Gasteiger partial charge in [0, 0.05) is 24.5 Å². The van der Waals surface area contributed by atoms with Gasteiger partial charge in [0.05, 0.1) is 12.0 Å². The van der Waals surface area contributed by atoms with Crippen LogP contribution in [0.1, 0.15) is 32.4 Å². The van der Waals surface area contributed by atoms with E-state index in [1.807, 2.05) is 47.4 Å². The summed E-state index contributed by atoms with van der Waals surface area (Å²) >= 11 is 1.60. The molecule has 0 spiro atoms. The lowest BCUT2D eigenvalue weighted by Crippen LogP contribution is -2.27. The molecule has 0 aliphatic carbocycles. The molecule has 1 fully saturated rings. The highest BCUT2D eigenvalue weighted by Crippen LogP contribution is 2.39. The van der Waals surface area contributed by atoms with Gasteiger partial charge in [-0.1, -0.05) is 42.5 Å². The van der Waals surface area contributed by atoms with E-state index in [0.29, 0.717) is 17.9 Å². The Morgan fingerprint density at radius 2 is 1.83 bits per heavy atom. The van der Waals surface area contributed by atoms with Gasteiger partial charge in [-0.25, -0.2) is 5.43 Å². The van der Waals surface area contributed by atoms with Gasteiger partial charge in [0.15, 0.2) is 0 Å². The van der Waals surface area contributed by atoms with Crippen molar-refractivity contribution in [3.63, 3.8) is 0 Å². The Morgan fingerprint density at radius 3 is 2.57 bits per heavy atom. The molecule has 0 saturated carbocycles. The maximum Gasteiger partial charge on any atom is 0.271 e. The van der Waals surface area contributed by atoms with E-state index >= 15 is 0 Å². The third-order valence-corrected chi connectivity index (χ3v) is 5.96. The summed E-state index contributed by atoms with van der Waals surface area (Å²) in [5, 5.41) is 3.92. The van der Waals surface area contributed by atoms with Crippen LogP contribution in [0, 0.1) is 0 Å². The molecule has 6 nitrogen and oxygen atoms in total. The Kier molecular flexibility index (Phi) is 6.20. The highest BCUT2D eigenvalue weighted by Gasteiger charge is 2.32. The van der Waals surface area contributed by atoms with Crippen molar-refractivity contribution < 1.29 is 9.59 Å². The third kappa shape index (κ3) is 4.75. The number of thioether (sulfide) groups is 1.